The maximum Gasteiger partial charge on any atom is 0.0850 e. The van der Waals surface area contributed by atoms with E-state index in [0.29, 0.717) is 6.54 Å². The third-order valence-electron chi connectivity index (χ3n) is 2.35. The van der Waals surface area contributed by atoms with Crippen LogP contribution >= 0.6 is 0 Å². The van der Waals surface area contributed by atoms with Crippen molar-refractivity contribution in [2.24, 2.45) is 5.73 Å². The lowest BCUT2D eigenvalue weighted by atomic mass is 10.0. The highest BCUT2D eigenvalue weighted by atomic mass is 16.5. The van der Waals surface area contributed by atoms with E-state index < -0.39 is 0 Å². The first-order chi connectivity index (χ1) is 6.69. The molecule has 14 heavy (non-hydrogen) atoms. The van der Waals surface area contributed by atoms with Crippen molar-refractivity contribution in [1.82, 2.24) is 4.98 Å². The summed E-state index contributed by atoms with van der Waals surface area (Å²) in [5.41, 5.74) is 8.92. The number of pyridine rings is 1. The average Bonchev–Trinajstić information content (AvgIpc) is 2.15. The van der Waals surface area contributed by atoms with Crippen molar-refractivity contribution < 1.29 is 4.74 Å². The van der Waals surface area contributed by atoms with Gasteiger partial charge in [-0.25, -0.2) is 0 Å². The minimum atomic E-state index is 0.0769. The molecule has 0 spiro atoms. The van der Waals surface area contributed by atoms with E-state index in [1.165, 1.54) is 5.56 Å². The Morgan fingerprint density at radius 1 is 1.50 bits per heavy atom. The summed E-state index contributed by atoms with van der Waals surface area (Å²) < 4.78 is 5.38. The van der Waals surface area contributed by atoms with Gasteiger partial charge in [-0.3, -0.25) is 4.98 Å². The fraction of sp³-hybridized carbons (Fsp3) is 0.545. The Labute approximate surface area is 85.3 Å². The highest BCUT2D eigenvalue weighted by Crippen LogP contribution is 2.22. The topological polar surface area (TPSA) is 48.1 Å². The number of methoxy groups -OCH3 is 1. The highest BCUT2D eigenvalue weighted by molar-refractivity contribution is 5.26. The van der Waals surface area contributed by atoms with Crippen LogP contribution in [0, 0.1) is 13.8 Å². The number of rotatable bonds is 4. The molecule has 0 aliphatic heterocycles. The molecule has 0 radical (unpaired) electrons. The van der Waals surface area contributed by atoms with Gasteiger partial charge in [-0.15, -0.1) is 0 Å². The Balaban J connectivity index is 2.92. The molecule has 0 bridgehead atoms. The van der Waals surface area contributed by atoms with Crippen LogP contribution in [0.25, 0.3) is 0 Å². The van der Waals surface area contributed by atoms with Crippen LogP contribution in [0.1, 0.15) is 29.3 Å². The largest absolute Gasteiger partial charge is 0.377 e. The van der Waals surface area contributed by atoms with Crippen LogP contribution in [0.15, 0.2) is 12.3 Å². The fourth-order valence-electron chi connectivity index (χ4n) is 1.60. The smallest absolute Gasteiger partial charge is 0.0850 e. The average molecular weight is 194 g/mol. The van der Waals surface area contributed by atoms with E-state index in [-0.39, 0.29) is 6.10 Å². The molecule has 78 valence electrons. The molecule has 1 aromatic heterocycles. The van der Waals surface area contributed by atoms with Crippen molar-refractivity contribution in [3.8, 4) is 0 Å². The second kappa shape index (κ2) is 5.08. The van der Waals surface area contributed by atoms with Crippen LogP contribution in [-0.2, 0) is 4.74 Å². The third-order valence-corrected chi connectivity index (χ3v) is 2.35. The molecule has 1 heterocycles. The summed E-state index contributed by atoms with van der Waals surface area (Å²) in [6, 6.07) is 2.07. The molecule has 0 saturated heterocycles. The van der Waals surface area contributed by atoms with Gasteiger partial charge in [0, 0.05) is 24.6 Å². The van der Waals surface area contributed by atoms with Crippen molar-refractivity contribution >= 4 is 0 Å². The molecule has 0 aromatic carbocycles. The quantitative estimate of drug-likeness (QED) is 0.794. The zero-order valence-corrected chi connectivity index (χ0v) is 9.08. The van der Waals surface area contributed by atoms with Crippen LogP contribution in [0.4, 0.5) is 0 Å². The van der Waals surface area contributed by atoms with Crippen molar-refractivity contribution in [2.45, 2.75) is 26.4 Å². The van der Waals surface area contributed by atoms with Gasteiger partial charge in [0.25, 0.3) is 0 Å². The summed E-state index contributed by atoms with van der Waals surface area (Å²) in [5, 5.41) is 0. The van der Waals surface area contributed by atoms with Crippen LogP contribution in [-0.4, -0.2) is 18.6 Å². The second-order valence-corrected chi connectivity index (χ2v) is 3.48. The number of aromatic nitrogens is 1. The molecule has 0 fully saturated rings. The number of nitrogens with zero attached hydrogens (tertiary/aromatic N) is 1. The Hall–Kier alpha value is -0.930. The summed E-state index contributed by atoms with van der Waals surface area (Å²) >= 11 is 0. The minimum Gasteiger partial charge on any atom is -0.377 e. The predicted molar refractivity (Wildman–Crippen MR) is 57.1 cm³/mol. The van der Waals surface area contributed by atoms with E-state index in [1.807, 2.05) is 13.1 Å². The molecule has 0 aliphatic carbocycles. The molecule has 1 aromatic rings. The third kappa shape index (κ3) is 2.53. The fourth-order valence-corrected chi connectivity index (χ4v) is 1.60. The molecule has 1 atom stereocenters. The summed E-state index contributed by atoms with van der Waals surface area (Å²) in [6.45, 7) is 4.69. The first-order valence-corrected chi connectivity index (χ1v) is 4.85. The van der Waals surface area contributed by atoms with Gasteiger partial charge in [-0.05, 0) is 38.4 Å². The molecule has 3 nitrogen and oxygen atoms in total. The zero-order chi connectivity index (χ0) is 10.6. The van der Waals surface area contributed by atoms with E-state index in [4.69, 9.17) is 10.5 Å². The van der Waals surface area contributed by atoms with Crippen LogP contribution < -0.4 is 5.73 Å². The first-order valence-electron chi connectivity index (χ1n) is 4.85. The SMILES string of the molecule is COC(CCN)c1cnc(C)cc1C. The summed E-state index contributed by atoms with van der Waals surface area (Å²) in [5.74, 6) is 0. The van der Waals surface area contributed by atoms with Crippen molar-refractivity contribution in [3.05, 3.63) is 29.1 Å². The van der Waals surface area contributed by atoms with Gasteiger partial charge in [-0.2, -0.15) is 0 Å². The molecular weight excluding hydrogens is 176 g/mol. The molecule has 2 N–H and O–H groups in total. The zero-order valence-electron chi connectivity index (χ0n) is 9.08. The van der Waals surface area contributed by atoms with Gasteiger partial charge in [-0.1, -0.05) is 0 Å². The normalized spacial score (nSPS) is 12.9. The van der Waals surface area contributed by atoms with E-state index in [2.05, 4.69) is 18.0 Å². The minimum absolute atomic E-state index is 0.0769. The Bertz CT molecular complexity index is 299. The van der Waals surface area contributed by atoms with Crippen molar-refractivity contribution in [2.75, 3.05) is 13.7 Å². The van der Waals surface area contributed by atoms with Gasteiger partial charge in [0.05, 0.1) is 6.10 Å². The summed E-state index contributed by atoms with van der Waals surface area (Å²) in [6.07, 6.45) is 2.80. The van der Waals surface area contributed by atoms with E-state index in [9.17, 15) is 0 Å². The van der Waals surface area contributed by atoms with Crippen molar-refractivity contribution in [3.63, 3.8) is 0 Å². The number of hydrogen-bond donors (Lipinski definition) is 1. The predicted octanol–water partition coefficient (Wildman–Crippen LogP) is 1.73. The Morgan fingerprint density at radius 2 is 2.21 bits per heavy atom. The molecule has 1 rings (SSSR count). The molecule has 0 saturated carbocycles. The Morgan fingerprint density at radius 3 is 2.71 bits per heavy atom. The first kappa shape index (κ1) is 11.1. The van der Waals surface area contributed by atoms with Gasteiger partial charge in [0.2, 0.25) is 0 Å². The number of nitrogens with two attached hydrogens (primary N) is 1. The Kier molecular flexibility index (Phi) is 4.04. The lowest BCUT2D eigenvalue weighted by Gasteiger charge is -2.16. The number of aryl methyl sites for hydroxylation is 2. The van der Waals surface area contributed by atoms with E-state index >= 15 is 0 Å². The van der Waals surface area contributed by atoms with Crippen LogP contribution in [0.3, 0.4) is 0 Å². The van der Waals surface area contributed by atoms with E-state index in [0.717, 1.165) is 17.7 Å². The molecule has 1 unspecified atom stereocenters. The molecule has 0 aliphatic rings. The maximum atomic E-state index is 5.52. The van der Waals surface area contributed by atoms with E-state index in [1.54, 1.807) is 7.11 Å². The second-order valence-electron chi connectivity index (χ2n) is 3.48. The van der Waals surface area contributed by atoms with Gasteiger partial charge in [0.1, 0.15) is 0 Å². The standard InChI is InChI=1S/C11H18N2O/c1-8-6-9(2)13-7-10(8)11(14-3)4-5-12/h6-7,11H,4-5,12H2,1-3H3. The number of hydrogen-bond acceptors (Lipinski definition) is 3. The lowest BCUT2D eigenvalue weighted by molar-refractivity contribution is 0.0969. The van der Waals surface area contributed by atoms with Crippen LogP contribution in [0.2, 0.25) is 0 Å². The number of ether oxygens (including phenoxy) is 1. The van der Waals surface area contributed by atoms with Gasteiger partial charge < -0.3 is 10.5 Å². The summed E-state index contributed by atoms with van der Waals surface area (Å²) in [4.78, 5) is 4.27. The lowest BCUT2D eigenvalue weighted by Crippen LogP contribution is -2.10. The maximum absolute atomic E-state index is 5.52. The monoisotopic (exact) mass is 194 g/mol. The molecular formula is C11H18N2O. The molecule has 3 heteroatoms. The van der Waals surface area contributed by atoms with Crippen LogP contribution in [0.5, 0.6) is 0 Å². The van der Waals surface area contributed by atoms with Crippen molar-refractivity contribution in [1.29, 1.82) is 0 Å². The van der Waals surface area contributed by atoms with Gasteiger partial charge >= 0.3 is 0 Å². The molecule has 0 amide bonds. The summed E-state index contributed by atoms with van der Waals surface area (Å²) in [7, 11) is 1.71. The highest BCUT2D eigenvalue weighted by Gasteiger charge is 2.12. The van der Waals surface area contributed by atoms with Gasteiger partial charge in [0.15, 0.2) is 0 Å².